The Morgan fingerprint density at radius 3 is 2.20 bits per heavy atom. The highest BCUT2D eigenvalue weighted by atomic mass is 127. The molecule has 0 atom stereocenters. The van der Waals surface area contributed by atoms with Crippen LogP contribution < -0.4 is 24.8 Å². The van der Waals surface area contributed by atoms with E-state index in [1.807, 2.05) is 12.1 Å². The summed E-state index contributed by atoms with van der Waals surface area (Å²) < 4.78 is 16.4. The Morgan fingerprint density at radius 1 is 0.900 bits per heavy atom. The van der Waals surface area contributed by atoms with Crippen LogP contribution in [0.5, 0.6) is 17.2 Å². The molecule has 166 valence electrons. The minimum atomic E-state index is 0. The molecule has 0 unspecified atom stereocenters. The molecule has 2 rings (SSSR count). The van der Waals surface area contributed by atoms with Crippen molar-refractivity contribution < 1.29 is 14.2 Å². The number of nitrogens with zero attached hydrogens (tertiary/aromatic N) is 1. The van der Waals surface area contributed by atoms with Crippen molar-refractivity contribution in [1.29, 1.82) is 0 Å². The maximum absolute atomic E-state index is 5.56. The van der Waals surface area contributed by atoms with E-state index in [-0.39, 0.29) is 24.0 Å². The van der Waals surface area contributed by atoms with Crippen molar-refractivity contribution in [1.82, 2.24) is 10.6 Å². The highest BCUT2D eigenvalue weighted by molar-refractivity contribution is 14.0. The van der Waals surface area contributed by atoms with E-state index >= 15 is 0 Å². The molecule has 2 aromatic rings. The van der Waals surface area contributed by atoms with Crippen molar-refractivity contribution in [2.24, 2.45) is 4.99 Å². The highest BCUT2D eigenvalue weighted by Gasteiger charge is 2.15. The summed E-state index contributed by atoms with van der Waals surface area (Å²) in [6.07, 6.45) is 0.761. The van der Waals surface area contributed by atoms with Crippen LogP contribution in [-0.2, 0) is 13.0 Å². The van der Waals surface area contributed by atoms with Gasteiger partial charge >= 0.3 is 0 Å². The summed E-state index contributed by atoms with van der Waals surface area (Å²) in [4.78, 5) is 4.73. The summed E-state index contributed by atoms with van der Waals surface area (Å²) >= 11 is 0. The van der Waals surface area contributed by atoms with Gasteiger partial charge in [-0.15, -0.1) is 24.0 Å². The summed E-state index contributed by atoms with van der Waals surface area (Å²) in [6.45, 7) is 8.45. The first-order chi connectivity index (χ1) is 14.0. The Balaban J connectivity index is 0.00000450. The molecule has 30 heavy (non-hydrogen) atoms. The average Bonchev–Trinajstić information content (AvgIpc) is 2.72. The number of rotatable bonds is 9. The zero-order valence-electron chi connectivity index (χ0n) is 18.8. The van der Waals surface area contributed by atoms with E-state index < -0.39 is 0 Å². The monoisotopic (exact) mass is 527 g/mol. The summed E-state index contributed by atoms with van der Waals surface area (Å²) in [5, 5.41) is 6.70. The Kier molecular flexibility index (Phi) is 11.4. The molecule has 0 radical (unpaired) electrons. The Hall–Kier alpha value is -2.16. The molecule has 0 heterocycles. The standard InChI is InChI=1S/C23H33N3O3.HI/c1-7-24-23(26-15-19-9-8-16(2)14-17(19)3)25-13-12-18-10-11-20(27-4)22(29-6)21(18)28-5;/h8-11,14H,7,12-13,15H2,1-6H3,(H2,24,25,26);1H. The number of aryl methyl sites for hydroxylation is 2. The molecular formula is C23H34IN3O3. The zero-order valence-corrected chi connectivity index (χ0v) is 21.1. The van der Waals surface area contributed by atoms with Gasteiger partial charge in [0.05, 0.1) is 27.9 Å². The minimum absolute atomic E-state index is 0. The van der Waals surface area contributed by atoms with E-state index in [1.54, 1.807) is 21.3 Å². The SMILES string of the molecule is CCNC(=NCc1ccc(C)cc1C)NCCc1ccc(OC)c(OC)c1OC.I. The van der Waals surface area contributed by atoms with Crippen LogP contribution in [0.15, 0.2) is 35.3 Å². The van der Waals surface area contributed by atoms with E-state index in [9.17, 15) is 0 Å². The molecule has 0 aliphatic heterocycles. The third kappa shape index (κ3) is 6.97. The van der Waals surface area contributed by atoms with Gasteiger partial charge in [0.15, 0.2) is 17.5 Å². The molecule has 0 spiro atoms. The van der Waals surface area contributed by atoms with Crippen molar-refractivity contribution in [2.45, 2.75) is 33.7 Å². The van der Waals surface area contributed by atoms with Crippen molar-refractivity contribution in [3.63, 3.8) is 0 Å². The van der Waals surface area contributed by atoms with Gasteiger partial charge < -0.3 is 24.8 Å². The largest absolute Gasteiger partial charge is 0.493 e. The molecule has 0 bridgehead atoms. The molecule has 0 fully saturated rings. The number of ether oxygens (including phenoxy) is 3. The van der Waals surface area contributed by atoms with Gasteiger partial charge in [0.2, 0.25) is 5.75 Å². The molecule has 2 N–H and O–H groups in total. The third-order valence-electron chi connectivity index (χ3n) is 4.72. The lowest BCUT2D eigenvalue weighted by molar-refractivity contribution is 0.322. The van der Waals surface area contributed by atoms with Crippen molar-refractivity contribution >= 4 is 29.9 Å². The van der Waals surface area contributed by atoms with E-state index in [1.165, 1.54) is 16.7 Å². The van der Waals surface area contributed by atoms with Crippen LogP contribution in [-0.4, -0.2) is 40.4 Å². The van der Waals surface area contributed by atoms with Crippen LogP contribution in [0.4, 0.5) is 0 Å². The summed E-state index contributed by atoms with van der Waals surface area (Å²) in [5.74, 6) is 2.77. The lowest BCUT2D eigenvalue weighted by Gasteiger charge is -2.16. The van der Waals surface area contributed by atoms with Gasteiger partial charge in [-0.1, -0.05) is 29.8 Å². The first kappa shape index (κ1) is 25.9. The minimum Gasteiger partial charge on any atom is -0.493 e. The molecular weight excluding hydrogens is 493 g/mol. The summed E-state index contributed by atoms with van der Waals surface area (Å²) in [6, 6.07) is 10.4. The normalized spacial score (nSPS) is 10.8. The van der Waals surface area contributed by atoms with E-state index in [4.69, 9.17) is 19.2 Å². The van der Waals surface area contributed by atoms with Crippen LogP contribution in [0.3, 0.4) is 0 Å². The van der Waals surface area contributed by atoms with Gasteiger partial charge in [-0.05, 0) is 44.4 Å². The zero-order chi connectivity index (χ0) is 21.2. The second-order valence-electron chi connectivity index (χ2n) is 6.80. The van der Waals surface area contributed by atoms with E-state index in [0.29, 0.717) is 30.3 Å². The second kappa shape index (κ2) is 13.2. The third-order valence-corrected chi connectivity index (χ3v) is 4.72. The van der Waals surface area contributed by atoms with Crippen LogP contribution in [0.25, 0.3) is 0 Å². The van der Waals surface area contributed by atoms with Crippen molar-refractivity contribution in [2.75, 3.05) is 34.4 Å². The van der Waals surface area contributed by atoms with Gasteiger partial charge in [-0.25, -0.2) is 4.99 Å². The molecule has 0 aliphatic carbocycles. The fraction of sp³-hybridized carbons (Fsp3) is 0.435. The molecule has 0 aliphatic rings. The summed E-state index contributed by atoms with van der Waals surface area (Å²) in [5.41, 5.74) is 4.81. The predicted molar refractivity (Wildman–Crippen MR) is 134 cm³/mol. The number of guanidine groups is 1. The van der Waals surface area contributed by atoms with Crippen molar-refractivity contribution in [3.05, 3.63) is 52.6 Å². The van der Waals surface area contributed by atoms with Crippen LogP contribution in [0, 0.1) is 13.8 Å². The first-order valence-corrected chi connectivity index (χ1v) is 9.90. The molecule has 0 aromatic heterocycles. The van der Waals surface area contributed by atoms with Crippen LogP contribution in [0.2, 0.25) is 0 Å². The smallest absolute Gasteiger partial charge is 0.203 e. The number of hydrogen-bond acceptors (Lipinski definition) is 4. The molecule has 0 saturated heterocycles. The van der Waals surface area contributed by atoms with Gasteiger partial charge in [0.25, 0.3) is 0 Å². The van der Waals surface area contributed by atoms with Crippen LogP contribution >= 0.6 is 24.0 Å². The van der Waals surface area contributed by atoms with Crippen molar-refractivity contribution in [3.8, 4) is 17.2 Å². The molecule has 6 nitrogen and oxygen atoms in total. The number of hydrogen-bond donors (Lipinski definition) is 2. The lowest BCUT2D eigenvalue weighted by atomic mass is 10.1. The first-order valence-electron chi connectivity index (χ1n) is 9.90. The van der Waals surface area contributed by atoms with E-state index in [0.717, 1.165) is 24.5 Å². The topological polar surface area (TPSA) is 64.1 Å². The molecule has 7 heteroatoms. The Bertz CT molecular complexity index is 841. The second-order valence-corrected chi connectivity index (χ2v) is 6.80. The van der Waals surface area contributed by atoms with Crippen LogP contribution in [0.1, 0.15) is 29.2 Å². The van der Waals surface area contributed by atoms with Gasteiger partial charge in [-0.2, -0.15) is 0 Å². The maximum Gasteiger partial charge on any atom is 0.203 e. The number of nitrogens with one attached hydrogen (secondary N) is 2. The number of methoxy groups -OCH3 is 3. The predicted octanol–water partition coefficient (Wildman–Crippen LogP) is 4.25. The molecule has 0 amide bonds. The summed E-state index contributed by atoms with van der Waals surface area (Å²) in [7, 11) is 4.88. The fourth-order valence-corrected chi connectivity index (χ4v) is 3.20. The molecule has 0 saturated carbocycles. The lowest BCUT2D eigenvalue weighted by Crippen LogP contribution is -2.38. The fourth-order valence-electron chi connectivity index (χ4n) is 3.20. The average molecular weight is 527 g/mol. The number of benzene rings is 2. The van der Waals surface area contributed by atoms with Gasteiger partial charge in [0, 0.05) is 18.7 Å². The number of halogens is 1. The molecule has 2 aromatic carbocycles. The Labute approximate surface area is 197 Å². The maximum atomic E-state index is 5.56. The highest BCUT2D eigenvalue weighted by Crippen LogP contribution is 2.39. The van der Waals surface area contributed by atoms with E-state index in [2.05, 4.69) is 49.6 Å². The number of aliphatic imine (C=N–C) groups is 1. The van der Waals surface area contributed by atoms with Gasteiger partial charge in [0.1, 0.15) is 0 Å². The Morgan fingerprint density at radius 2 is 1.60 bits per heavy atom. The van der Waals surface area contributed by atoms with Gasteiger partial charge in [-0.3, -0.25) is 0 Å². The quantitative estimate of drug-likeness (QED) is 0.290.